The van der Waals surface area contributed by atoms with E-state index in [1.54, 1.807) is 0 Å². The highest BCUT2D eigenvalue weighted by Crippen LogP contribution is 2.53. The van der Waals surface area contributed by atoms with Crippen molar-refractivity contribution in [1.82, 2.24) is 10.3 Å². The number of hydrogen-bond donors (Lipinski definition) is 1. The van der Waals surface area contributed by atoms with Crippen LogP contribution in [0.4, 0.5) is 0 Å². The number of nitrogens with zero attached hydrogens (tertiary/aromatic N) is 1. The molecule has 3 unspecified atom stereocenters. The summed E-state index contributed by atoms with van der Waals surface area (Å²) >= 11 is 0. The minimum absolute atomic E-state index is 0.451. The van der Waals surface area contributed by atoms with Crippen molar-refractivity contribution in [3.05, 3.63) is 65.5 Å². The van der Waals surface area contributed by atoms with Crippen LogP contribution < -0.4 is 5.32 Å². The molecule has 0 aliphatic heterocycles. The summed E-state index contributed by atoms with van der Waals surface area (Å²) in [6.45, 7) is 5.25. The maximum Gasteiger partial charge on any atom is 0.0375 e. The molecule has 2 nitrogen and oxygen atoms in total. The van der Waals surface area contributed by atoms with Gasteiger partial charge in [0.05, 0.1) is 0 Å². The maximum atomic E-state index is 4.31. The van der Waals surface area contributed by atoms with Crippen LogP contribution >= 0.6 is 0 Å². The van der Waals surface area contributed by atoms with Crippen LogP contribution in [0, 0.1) is 12.8 Å². The summed E-state index contributed by atoms with van der Waals surface area (Å²) in [4.78, 5) is 4.31. The van der Waals surface area contributed by atoms with Crippen molar-refractivity contribution in [2.24, 2.45) is 5.92 Å². The molecule has 2 heteroatoms. The van der Waals surface area contributed by atoms with Crippen LogP contribution in [0.15, 0.2) is 48.7 Å². The highest BCUT2D eigenvalue weighted by atomic mass is 14.9. The van der Waals surface area contributed by atoms with Gasteiger partial charge < -0.3 is 5.32 Å². The Morgan fingerprint density at radius 3 is 2.75 bits per heavy atom. The van der Waals surface area contributed by atoms with Gasteiger partial charge in [0.25, 0.3) is 0 Å². The molecule has 0 amide bonds. The quantitative estimate of drug-likeness (QED) is 0.889. The van der Waals surface area contributed by atoms with Gasteiger partial charge in [-0.15, -0.1) is 0 Å². The third-order valence-electron chi connectivity index (χ3n) is 4.20. The molecular weight excluding hydrogens is 244 g/mol. The Kier molecular flexibility index (Phi) is 3.83. The van der Waals surface area contributed by atoms with Crippen molar-refractivity contribution in [1.29, 1.82) is 0 Å². The zero-order valence-electron chi connectivity index (χ0n) is 12.2. The lowest BCUT2D eigenvalue weighted by molar-refractivity contribution is 0.486. The van der Waals surface area contributed by atoms with Crippen molar-refractivity contribution < 1.29 is 0 Å². The molecule has 0 saturated heterocycles. The Morgan fingerprint density at radius 2 is 2.05 bits per heavy atom. The van der Waals surface area contributed by atoms with Crippen molar-refractivity contribution >= 4 is 0 Å². The van der Waals surface area contributed by atoms with Gasteiger partial charge in [0, 0.05) is 17.9 Å². The van der Waals surface area contributed by atoms with Crippen LogP contribution in [0.5, 0.6) is 0 Å². The molecule has 1 aromatic heterocycles. The summed E-state index contributed by atoms with van der Waals surface area (Å²) in [5, 5.41) is 3.66. The Hall–Kier alpha value is -1.67. The molecule has 3 atom stereocenters. The first kappa shape index (κ1) is 13.3. The first-order chi connectivity index (χ1) is 9.79. The highest BCUT2D eigenvalue weighted by molar-refractivity contribution is 5.30. The number of rotatable bonds is 5. The van der Waals surface area contributed by atoms with Gasteiger partial charge in [-0.1, -0.05) is 37.3 Å². The number of benzene rings is 1. The Balaban J connectivity index is 1.80. The molecule has 1 fully saturated rings. The molecule has 20 heavy (non-hydrogen) atoms. The van der Waals surface area contributed by atoms with E-state index in [4.69, 9.17) is 0 Å². The van der Waals surface area contributed by atoms with Gasteiger partial charge in [-0.25, -0.2) is 0 Å². The van der Waals surface area contributed by atoms with Gasteiger partial charge >= 0.3 is 0 Å². The fourth-order valence-corrected chi connectivity index (χ4v) is 3.16. The summed E-state index contributed by atoms with van der Waals surface area (Å²) in [7, 11) is 0. The fourth-order valence-electron chi connectivity index (χ4n) is 3.16. The minimum Gasteiger partial charge on any atom is -0.310 e. The van der Waals surface area contributed by atoms with Gasteiger partial charge in [-0.05, 0) is 55.0 Å². The SMILES string of the molecule is CCNC(c1ccnc(C)c1)C1CC1c1ccccc1. The molecule has 1 N–H and O–H groups in total. The predicted molar refractivity (Wildman–Crippen MR) is 82.7 cm³/mol. The van der Waals surface area contributed by atoms with Gasteiger partial charge in [-0.2, -0.15) is 0 Å². The lowest BCUT2D eigenvalue weighted by Gasteiger charge is -2.19. The first-order valence-corrected chi connectivity index (χ1v) is 7.50. The average molecular weight is 266 g/mol. The summed E-state index contributed by atoms with van der Waals surface area (Å²) in [5.41, 5.74) is 3.95. The minimum atomic E-state index is 0.451. The molecule has 2 aromatic rings. The number of nitrogens with one attached hydrogen (secondary N) is 1. The molecule has 1 aliphatic rings. The molecule has 1 heterocycles. The first-order valence-electron chi connectivity index (χ1n) is 7.50. The van der Waals surface area contributed by atoms with E-state index in [-0.39, 0.29) is 0 Å². The van der Waals surface area contributed by atoms with Crippen molar-refractivity contribution in [3.8, 4) is 0 Å². The summed E-state index contributed by atoms with van der Waals surface area (Å²) in [6.07, 6.45) is 3.21. The van der Waals surface area contributed by atoms with E-state index in [1.165, 1.54) is 17.5 Å². The van der Waals surface area contributed by atoms with E-state index in [0.717, 1.165) is 12.2 Å². The van der Waals surface area contributed by atoms with Crippen LogP contribution in [0.1, 0.15) is 42.1 Å². The molecule has 3 rings (SSSR count). The highest BCUT2D eigenvalue weighted by Gasteiger charge is 2.43. The molecule has 1 aliphatic carbocycles. The molecule has 0 spiro atoms. The Labute approximate surface area is 121 Å². The monoisotopic (exact) mass is 266 g/mol. The average Bonchev–Trinajstić information content (AvgIpc) is 3.26. The van der Waals surface area contributed by atoms with Gasteiger partial charge in [0.15, 0.2) is 0 Å². The van der Waals surface area contributed by atoms with Gasteiger partial charge in [0.1, 0.15) is 0 Å². The lowest BCUT2D eigenvalue weighted by atomic mass is 9.99. The zero-order valence-corrected chi connectivity index (χ0v) is 12.2. The van der Waals surface area contributed by atoms with Crippen LogP contribution in [-0.2, 0) is 0 Å². The van der Waals surface area contributed by atoms with Crippen LogP contribution in [0.3, 0.4) is 0 Å². The van der Waals surface area contributed by atoms with Crippen molar-refractivity contribution in [3.63, 3.8) is 0 Å². The topological polar surface area (TPSA) is 24.9 Å². The second kappa shape index (κ2) is 5.76. The molecule has 1 saturated carbocycles. The standard InChI is InChI=1S/C18H22N2/c1-3-19-18(15-9-10-20-13(2)11-15)17-12-16(17)14-7-5-4-6-8-14/h4-11,16-19H,3,12H2,1-2H3. The Bertz CT molecular complexity index is 565. The molecule has 104 valence electrons. The van der Waals surface area contributed by atoms with Crippen molar-refractivity contribution in [2.45, 2.75) is 32.2 Å². The molecular formula is C18H22N2. The second-order valence-corrected chi connectivity index (χ2v) is 5.68. The van der Waals surface area contributed by atoms with E-state index in [0.29, 0.717) is 17.9 Å². The summed E-state index contributed by atoms with van der Waals surface area (Å²) in [5.74, 6) is 1.41. The van der Waals surface area contributed by atoms with E-state index in [1.807, 2.05) is 6.20 Å². The summed E-state index contributed by atoms with van der Waals surface area (Å²) < 4.78 is 0. The largest absolute Gasteiger partial charge is 0.310 e. The zero-order chi connectivity index (χ0) is 13.9. The summed E-state index contributed by atoms with van der Waals surface area (Å²) in [6, 6.07) is 15.7. The lowest BCUT2D eigenvalue weighted by Crippen LogP contribution is -2.23. The predicted octanol–water partition coefficient (Wildman–Crippen LogP) is 3.84. The number of pyridine rings is 1. The van der Waals surface area contributed by atoms with Crippen LogP contribution in [-0.4, -0.2) is 11.5 Å². The Morgan fingerprint density at radius 1 is 1.25 bits per heavy atom. The molecule has 1 aromatic carbocycles. The third kappa shape index (κ3) is 2.75. The van der Waals surface area contributed by atoms with E-state index in [2.05, 4.69) is 66.6 Å². The molecule has 0 radical (unpaired) electrons. The molecule has 0 bridgehead atoms. The number of aromatic nitrogens is 1. The van der Waals surface area contributed by atoms with E-state index < -0.39 is 0 Å². The van der Waals surface area contributed by atoms with Gasteiger partial charge in [0.2, 0.25) is 0 Å². The number of hydrogen-bond acceptors (Lipinski definition) is 2. The van der Waals surface area contributed by atoms with Gasteiger partial charge in [-0.3, -0.25) is 4.98 Å². The van der Waals surface area contributed by atoms with E-state index >= 15 is 0 Å². The fraction of sp³-hybridized carbons (Fsp3) is 0.389. The van der Waals surface area contributed by atoms with Crippen LogP contribution in [0.25, 0.3) is 0 Å². The number of aryl methyl sites for hydroxylation is 1. The van der Waals surface area contributed by atoms with E-state index in [9.17, 15) is 0 Å². The maximum absolute atomic E-state index is 4.31. The normalized spacial score (nSPS) is 22.5. The second-order valence-electron chi connectivity index (χ2n) is 5.68. The van der Waals surface area contributed by atoms with Crippen molar-refractivity contribution in [2.75, 3.05) is 6.54 Å². The third-order valence-corrected chi connectivity index (χ3v) is 4.20. The van der Waals surface area contributed by atoms with Crippen LogP contribution in [0.2, 0.25) is 0 Å². The smallest absolute Gasteiger partial charge is 0.0375 e.